The van der Waals surface area contributed by atoms with Crippen molar-refractivity contribution in [3.8, 4) is 68.3 Å². The summed E-state index contributed by atoms with van der Waals surface area (Å²) < 4.78 is 7.06. The molecular weight excluding hydrogens is 981 g/mol. The van der Waals surface area contributed by atoms with Crippen LogP contribution in [0, 0.1) is 0 Å². The highest BCUT2D eigenvalue weighted by Crippen LogP contribution is 2.42. The van der Waals surface area contributed by atoms with Crippen molar-refractivity contribution in [2.24, 2.45) is 0 Å². The molecule has 318 valence electrons. The summed E-state index contributed by atoms with van der Waals surface area (Å²) in [6.45, 7) is 4.00. The van der Waals surface area contributed by atoms with Crippen LogP contribution in [0.15, 0.2) is 203 Å². The van der Waals surface area contributed by atoms with Crippen molar-refractivity contribution < 1.29 is 0 Å². The Morgan fingerprint density at radius 2 is 0.606 bits per heavy atom. The largest absolute Gasteiger partial charge is 0.208 e. The van der Waals surface area contributed by atoms with E-state index in [9.17, 15) is 0 Å². The molecule has 0 saturated heterocycles. The summed E-state index contributed by atoms with van der Waals surface area (Å²) >= 11 is 10.8. The molecule has 8 aromatic carbocycles. The zero-order valence-electron chi connectivity index (χ0n) is 35.7. The van der Waals surface area contributed by atoms with E-state index in [1.165, 1.54) is 40.3 Å². The van der Waals surface area contributed by atoms with Gasteiger partial charge < -0.3 is 0 Å². The van der Waals surface area contributed by atoms with Gasteiger partial charge in [-0.05, 0) is 48.5 Å². The van der Waals surface area contributed by atoms with Crippen molar-refractivity contribution in [2.75, 3.05) is 0 Å². The third-order valence-electron chi connectivity index (χ3n) is 10.8. The van der Waals surface area contributed by atoms with E-state index in [0.717, 1.165) is 42.3 Å². The summed E-state index contributed by atoms with van der Waals surface area (Å²) in [7, 11) is 0. The van der Waals surface area contributed by atoms with Crippen molar-refractivity contribution in [2.45, 2.75) is 13.8 Å². The van der Waals surface area contributed by atoms with Gasteiger partial charge in [0, 0.05) is 82.7 Å². The van der Waals surface area contributed by atoms with E-state index < -0.39 is 0 Å². The van der Waals surface area contributed by atoms with Crippen LogP contribution in [0.25, 0.3) is 109 Å². The van der Waals surface area contributed by atoms with E-state index in [4.69, 9.17) is 29.9 Å². The van der Waals surface area contributed by atoms with Crippen LogP contribution < -0.4 is 0 Å². The summed E-state index contributed by atoms with van der Waals surface area (Å²) in [6, 6.07) is 65.8. The predicted octanol–water partition coefficient (Wildman–Crippen LogP) is 17.0. The van der Waals surface area contributed by atoms with Gasteiger partial charge in [0.25, 0.3) is 0 Å². The Hall–Kier alpha value is -6.82. The van der Waals surface area contributed by atoms with Crippen molar-refractivity contribution in [3.05, 3.63) is 203 Å². The average Bonchev–Trinajstić information content (AvgIpc) is 3.96. The minimum atomic E-state index is 0.673. The average molecular weight is 1020 g/mol. The highest BCUT2D eigenvalue weighted by atomic mass is 79.9. The minimum absolute atomic E-state index is 0.673. The number of hydrogen-bond acceptors (Lipinski definition) is 8. The van der Waals surface area contributed by atoms with Gasteiger partial charge in [-0.25, -0.2) is 29.9 Å². The van der Waals surface area contributed by atoms with E-state index >= 15 is 0 Å². The third-order valence-corrected chi connectivity index (χ3v) is 14.1. The first-order valence-electron chi connectivity index (χ1n) is 21.5. The fourth-order valence-electron chi connectivity index (χ4n) is 7.83. The Balaban J connectivity index is 0.000000149. The van der Waals surface area contributed by atoms with Gasteiger partial charge in [-0.3, -0.25) is 0 Å². The highest BCUT2D eigenvalue weighted by Gasteiger charge is 2.19. The van der Waals surface area contributed by atoms with Crippen LogP contribution in [-0.2, 0) is 0 Å². The highest BCUT2D eigenvalue weighted by molar-refractivity contribution is 9.10. The Labute approximate surface area is 407 Å². The summed E-state index contributed by atoms with van der Waals surface area (Å²) in [4.78, 5) is 29.3. The Kier molecular flexibility index (Phi) is 12.6. The van der Waals surface area contributed by atoms with Gasteiger partial charge in [0.05, 0.1) is 0 Å². The summed E-state index contributed by atoms with van der Waals surface area (Å²) in [5.74, 6) is 4.06. The van der Waals surface area contributed by atoms with Crippen molar-refractivity contribution >= 4 is 94.9 Å². The molecule has 0 aliphatic rings. The second-order valence-electron chi connectivity index (χ2n) is 14.9. The van der Waals surface area contributed by atoms with Crippen molar-refractivity contribution in [1.29, 1.82) is 0 Å². The number of halogens is 2. The fraction of sp³-hybridized carbons (Fsp3) is 0.0357. The van der Waals surface area contributed by atoms with Crippen LogP contribution >= 0.6 is 54.5 Å². The molecule has 4 aromatic heterocycles. The Bertz CT molecular complexity index is 3280. The van der Waals surface area contributed by atoms with E-state index in [2.05, 4.69) is 105 Å². The number of rotatable bonds is 6. The number of hydrogen-bond donors (Lipinski definition) is 0. The smallest absolute Gasteiger partial charge is 0.164 e. The molecule has 0 radical (unpaired) electrons. The van der Waals surface area contributed by atoms with Gasteiger partial charge in [0.15, 0.2) is 34.9 Å². The molecule has 4 heterocycles. The van der Waals surface area contributed by atoms with Crippen LogP contribution in [0.1, 0.15) is 13.8 Å². The van der Waals surface area contributed by atoms with Crippen LogP contribution in [0.4, 0.5) is 0 Å². The molecule has 0 aliphatic heterocycles. The van der Waals surface area contributed by atoms with Crippen LogP contribution in [0.3, 0.4) is 0 Å². The molecule has 6 nitrogen and oxygen atoms in total. The maximum absolute atomic E-state index is 4.93. The molecule has 0 saturated carbocycles. The maximum atomic E-state index is 4.93. The zero-order chi connectivity index (χ0) is 45.0. The van der Waals surface area contributed by atoms with Crippen molar-refractivity contribution in [3.63, 3.8) is 0 Å². The van der Waals surface area contributed by atoms with Crippen LogP contribution in [-0.4, -0.2) is 29.9 Å². The zero-order valence-corrected chi connectivity index (χ0v) is 40.5. The molecule has 10 heteroatoms. The summed E-state index contributed by atoms with van der Waals surface area (Å²) in [5.41, 5.74) is 5.92. The van der Waals surface area contributed by atoms with Gasteiger partial charge in [-0.2, -0.15) is 0 Å². The number of benzene rings is 8. The molecule has 0 N–H and O–H groups in total. The first-order valence-corrected chi connectivity index (χ1v) is 24.7. The summed E-state index contributed by atoms with van der Waals surface area (Å²) in [6.07, 6.45) is 0. The Morgan fingerprint density at radius 1 is 0.303 bits per heavy atom. The van der Waals surface area contributed by atoms with Gasteiger partial charge in [0.2, 0.25) is 0 Å². The first kappa shape index (κ1) is 43.1. The first-order chi connectivity index (χ1) is 32.5. The van der Waals surface area contributed by atoms with Gasteiger partial charge in [-0.1, -0.05) is 191 Å². The van der Waals surface area contributed by atoms with Crippen molar-refractivity contribution in [1.82, 2.24) is 29.9 Å². The monoisotopic (exact) mass is 1020 g/mol. The molecule has 0 amide bonds. The van der Waals surface area contributed by atoms with E-state index in [-0.39, 0.29) is 0 Å². The van der Waals surface area contributed by atoms with Gasteiger partial charge in [0.1, 0.15) is 0 Å². The fourth-order valence-corrected chi connectivity index (χ4v) is 10.8. The third kappa shape index (κ3) is 8.80. The predicted molar refractivity (Wildman–Crippen MR) is 285 cm³/mol. The lowest BCUT2D eigenvalue weighted by molar-refractivity contribution is 1.08. The summed E-state index contributed by atoms with van der Waals surface area (Å²) in [5, 5.41) is 4.77. The minimum Gasteiger partial charge on any atom is -0.208 e. The number of thiophene rings is 2. The normalized spacial score (nSPS) is 11.0. The lowest BCUT2D eigenvalue weighted by Gasteiger charge is -2.09. The van der Waals surface area contributed by atoms with E-state index in [1.54, 1.807) is 22.7 Å². The van der Waals surface area contributed by atoms with E-state index in [0.29, 0.717) is 34.9 Å². The molecular formula is C56H38Br2N6S2. The SMILES string of the molecule is Brc1ccc2sc3cccc(-c4nc(-c5ccccc5)nc(-c5ccccc5)n4)c3c2c1.Brc1ccc2sc3cccc(-c4nc(-c5ccccc5)nc(-c5ccccc5)n4)c3c2c1.CC. The second-order valence-corrected chi connectivity index (χ2v) is 18.9. The number of aromatic nitrogens is 6. The quantitative estimate of drug-likeness (QED) is 0.165. The molecule has 0 unspecified atom stereocenters. The van der Waals surface area contributed by atoms with Crippen LogP contribution in [0.5, 0.6) is 0 Å². The molecule has 12 rings (SSSR count). The molecule has 0 atom stereocenters. The lowest BCUT2D eigenvalue weighted by atomic mass is 10.1. The molecule has 0 fully saturated rings. The number of fused-ring (bicyclic) bond motifs is 6. The number of nitrogens with zero attached hydrogens (tertiary/aromatic N) is 6. The van der Waals surface area contributed by atoms with E-state index in [1.807, 2.05) is 135 Å². The maximum Gasteiger partial charge on any atom is 0.164 e. The standard InChI is InChI=1S/2C27H16BrN3S.C2H6/c2*28-19-14-15-22-21(16-19)24-20(12-7-13-23(24)32-22)27-30-25(17-8-3-1-4-9-17)29-26(31-27)18-10-5-2-6-11-18;1-2/h2*1-16H;1-2H3. The molecule has 0 bridgehead atoms. The molecule has 12 aromatic rings. The lowest BCUT2D eigenvalue weighted by Crippen LogP contribution is -2.00. The van der Waals surface area contributed by atoms with Gasteiger partial charge >= 0.3 is 0 Å². The van der Waals surface area contributed by atoms with Crippen LogP contribution in [0.2, 0.25) is 0 Å². The topological polar surface area (TPSA) is 77.3 Å². The molecule has 66 heavy (non-hydrogen) atoms. The molecule has 0 aliphatic carbocycles. The Morgan fingerprint density at radius 3 is 0.924 bits per heavy atom. The van der Waals surface area contributed by atoms with Gasteiger partial charge in [-0.15, -0.1) is 22.7 Å². The molecule has 0 spiro atoms. The second kappa shape index (κ2) is 19.3.